The highest BCUT2D eigenvalue weighted by molar-refractivity contribution is 7.89. The van der Waals surface area contributed by atoms with Crippen molar-refractivity contribution in [1.29, 1.82) is 0 Å². The molecule has 0 amide bonds. The van der Waals surface area contributed by atoms with Gasteiger partial charge in [0.25, 0.3) is 0 Å². The summed E-state index contributed by atoms with van der Waals surface area (Å²) >= 11 is 11.8. The molecule has 0 aliphatic carbocycles. The number of hydrogen-bond acceptors (Lipinski definition) is 7. The highest BCUT2D eigenvalue weighted by atomic mass is 35.5. The van der Waals surface area contributed by atoms with Gasteiger partial charge < -0.3 is 15.4 Å². The zero-order valence-electron chi connectivity index (χ0n) is 14.8. The molecule has 0 aliphatic heterocycles. The fraction of sp³-hybridized carbons (Fsp3) is 0.0588. The first-order valence-electron chi connectivity index (χ1n) is 7.90. The summed E-state index contributed by atoms with van der Waals surface area (Å²) in [6.45, 7) is 0. The molecule has 0 radical (unpaired) electrons. The Morgan fingerprint density at radius 1 is 1.07 bits per heavy atom. The monoisotopic (exact) mass is 457 g/mol. The highest BCUT2D eigenvalue weighted by Crippen LogP contribution is 2.30. The van der Waals surface area contributed by atoms with E-state index in [-0.39, 0.29) is 21.7 Å². The van der Waals surface area contributed by atoms with Crippen LogP contribution in [0, 0.1) is 5.82 Å². The molecule has 0 spiro atoms. The largest absolute Gasteiger partial charge is 0.495 e. The number of nitrogens with zero attached hydrogens (tertiary/aromatic N) is 2. The molecule has 0 saturated carbocycles. The van der Waals surface area contributed by atoms with Gasteiger partial charge in [-0.25, -0.2) is 22.9 Å². The number of primary sulfonamides is 1. The first-order valence-corrected chi connectivity index (χ1v) is 10.2. The number of anilines is 4. The van der Waals surface area contributed by atoms with Crippen LogP contribution >= 0.6 is 23.2 Å². The molecule has 0 aliphatic rings. The summed E-state index contributed by atoms with van der Waals surface area (Å²) in [6.07, 6.45) is 0.960. The second kappa shape index (κ2) is 8.37. The molecule has 0 bridgehead atoms. The van der Waals surface area contributed by atoms with Crippen LogP contribution < -0.4 is 20.5 Å². The topological polar surface area (TPSA) is 119 Å². The molecule has 29 heavy (non-hydrogen) atoms. The van der Waals surface area contributed by atoms with Crippen molar-refractivity contribution < 1.29 is 17.5 Å². The smallest absolute Gasteiger partial charge is 0.239 e. The highest BCUT2D eigenvalue weighted by Gasteiger charge is 2.15. The van der Waals surface area contributed by atoms with Gasteiger partial charge in [0.15, 0.2) is 11.6 Å². The lowest BCUT2D eigenvalue weighted by Crippen LogP contribution is -2.13. The molecule has 3 rings (SSSR count). The van der Waals surface area contributed by atoms with Gasteiger partial charge >= 0.3 is 0 Å². The number of nitrogens with two attached hydrogens (primary N) is 1. The third-order valence-electron chi connectivity index (χ3n) is 3.65. The lowest BCUT2D eigenvalue weighted by atomic mass is 10.3. The van der Waals surface area contributed by atoms with Crippen LogP contribution in [-0.4, -0.2) is 25.5 Å². The lowest BCUT2D eigenvalue weighted by molar-refractivity contribution is 0.415. The standard InChI is InChI=1S/C17H14Cl2FN5O3S/c1-28-14-6-9(2-4-11(14)18)23-16-13(20)8-22-17(25-16)24-10-3-5-12(19)15(7-10)29(21,26)27/h2-8H,1H3,(H2,21,26,27)(H2,22,23,24,25). The van der Waals surface area contributed by atoms with Crippen LogP contribution in [0.4, 0.5) is 27.5 Å². The Kier molecular flexibility index (Phi) is 6.08. The maximum atomic E-state index is 14.1. The number of halogens is 3. The average Bonchev–Trinajstić information content (AvgIpc) is 2.66. The van der Waals surface area contributed by atoms with Crippen LogP contribution in [0.3, 0.4) is 0 Å². The van der Waals surface area contributed by atoms with Crippen molar-refractivity contribution in [2.75, 3.05) is 17.7 Å². The summed E-state index contributed by atoms with van der Waals surface area (Å²) < 4.78 is 42.5. The number of nitrogens with one attached hydrogen (secondary N) is 2. The van der Waals surface area contributed by atoms with Crippen molar-refractivity contribution >= 4 is 56.4 Å². The third-order valence-corrected chi connectivity index (χ3v) is 5.36. The molecule has 0 atom stereocenters. The quantitative estimate of drug-likeness (QED) is 0.510. The minimum absolute atomic E-state index is 0.0116. The Morgan fingerprint density at radius 2 is 1.72 bits per heavy atom. The van der Waals surface area contributed by atoms with E-state index in [1.807, 2.05) is 0 Å². The number of sulfonamides is 1. The SMILES string of the molecule is COc1cc(Nc2nc(Nc3ccc(Cl)c(S(N)(=O)=O)c3)ncc2F)ccc1Cl. The van der Waals surface area contributed by atoms with E-state index >= 15 is 0 Å². The van der Waals surface area contributed by atoms with Gasteiger partial charge in [0.1, 0.15) is 10.6 Å². The van der Waals surface area contributed by atoms with Gasteiger partial charge in [-0.15, -0.1) is 0 Å². The van der Waals surface area contributed by atoms with Gasteiger partial charge in [-0.2, -0.15) is 4.98 Å². The molecule has 0 saturated heterocycles. The van der Waals surface area contributed by atoms with Gasteiger partial charge in [0.05, 0.1) is 23.4 Å². The summed E-state index contributed by atoms with van der Waals surface area (Å²) in [6, 6.07) is 8.86. The van der Waals surface area contributed by atoms with E-state index in [2.05, 4.69) is 20.6 Å². The molecular weight excluding hydrogens is 444 g/mol. The first-order chi connectivity index (χ1) is 13.7. The predicted octanol–water partition coefficient (Wildman–Crippen LogP) is 4.07. The van der Waals surface area contributed by atoms with Crippen LogP contribution in [0.15, 0.2) is 47.5 Å². The maximum Gasteiger partial charge on any atom is 0.239 e. The summed E-state index contributed by atoms with van der Waals surface area (Å²) in [5.74, 6) is -0.406. The van der Waals surface area contributed by atoms with Gasteiger partial charge in [0.2, 0.25) is 16.0 Å². The molecule has 2 aromatic carbocycles. The van der Waals surface area contributed by atoms with E-state index in [4.69, 9.17) is 33.1 Å². The van der Waals surface area contributed by atoms with E-state index < -0.39 is 15.8 Å². The van der Waals surface area contributed by atoms with Crippen molar-refractivity contribution in [1.82, 2.24) is 9.97 Å². The molecule has 8 nitrogen and oxygen atoms in total. The lowest BCUT2D eigenvalue weighted by Gasteiger charge is -2.11. The van der Waals surface area contributed by atoms with E-state index in [9.17, 15) is 12.8 Å². The molecule has 4 N–H and O–H groups in total. The molecule has 152 valence electrons. The van der Waals surface area contributed by atoms with Gasteiger partial charge in [-0.3, -0.25) is 0 Å². The van der Waals surface area contributed by atoms with Gasteiger partial charge in [-0.05, 0) is 30.3 Å². The van der Waals surface area contributed by atoms with Crippen molar-refractivity contribution in [3.8, 4) is 5.75 Å². The van der Waals surface area contributed by atoms with Crippen molar-refractivity contribution in [2.45, 2.75) is 4.90 Å². The Hall–Kier alpha value is -2.66. The first kappa shape index (κ1) is 21.1. The van der Waals surface area contributed by atoms with Crippen molar-refractivity contribution in [2.24, 2.45) is 5.14 Å². The number of aromatic nitrogens is 2. The zero-order valence-corrected chi connectivity index (χ0v) is 17.1. The Labute approximate surface area is 175 Å². The average molecular weight is 458 g/mol. The summed E-state index contributed by atoms with van der Waals surface area (Å²) in [5.41, 5.74) is 0.780. The Morgan fingerprint density at radius 3 is 2.38 bits per heavy atom. The Balaban J connectivity index is 1.88. The minimum Gasteiger partial charge on any atom is -0.495 e. The zero-order chi connectivity index (χ0) is 21.2. The predicted molar refractivity (Wildman–Crippen MR) is 109 cm³/mol. The molecule has 0 unspecified atom stereocenters. The van der Waals surface area contributed by atoms with E-state index in [1.165, 1.54) is 25.3 Å². The van der Waals surface area contributed by atoms with E-state index in [0.717, 1.165) is 6.20 Å². The number of hydrogen-bond donors (Lipinski definition) is 3. The van der Waals surface area contributed by atoms with Crippen LogP contribution in [0.2, 0.25) is 10.0 Å². The van der Waals surface area contributed by atoms with E-state index in [1.54, 1.807) is 18.2 Å². The van der Waals surface area contributed by atoms with E-state index in [0.29, 0.717) is 22.1 Å². The molecular formula is C17H14Cl2FN5O3S. The number of methoxy groups -OCH3 is 1. The van der Waals surface area contributed by atoms with Crippen LogP contribution in [0.1, 0.15) is 0 Å². The summed E-state index contributed by atoms with van der Waals surface area (Å²) in [5, 5.41) is 11.1. The minimum atomic E-state index is -4.02. The third kappa shape index (κ3) is 5.04. The Bertz CT molecular complexity index is 1180. The molecule has 12 heteroatoms. The van der Waals surface area contributed by atoms with Gasteiger partial charge in [-0.1, -0.05) is 23.2 Å². The second-order valence-corrected chi connectivity index (χ2v) is 8.02. The second-order valence-electron chi connectivity index (χ2n) is 5.68. The van der Waals surface area contributed by atoms with Gasteiger partial charge in [0, 0.05) is 17.4 Å². The van der Waals surface area contributed by atoms with Crippen LogP contribution in [0.5, 0.6) is 5.75 Å². The number of rotatable bonds is 6. The molecule has 1 heterocycles. The molecule has 1 aromatic heterocycles. The van der Waals surface area contributed by atoms with Crippen LogP contribution in [0.25, 0.3) is 0 Å². The number of ether oxygens (including phenoxy) is 1. The van der Waals surface area contributed by atoms with Crippen LogP contribution in [-0.2, 0) is 10.0 Å². The van der Waals surface area contributed by atoms with Crippen molar-refractivity contribution in [3.05, 3.63) is 58.5 Å². The normalized spacial score (nSPS) is 11.2. The van der Waals surface area contributed by atoms with Crippen molar-refractivity contribution in [3.63, 3.8) is 0 Å². The molecule has 3 aromatic rings. The fourth-order valence-corrected chi connectivity index (χ4v) is 3.58. The number of benzene rings is 2. The summed E-state index contributed by atoms with van der Waals surface area (Å²) in [4.78, 5) is 7.63. The summed E-state index contributed by atoms with van der Waals surface area (Å²) in [7, 11) is -2.56. The fourth-order valence-electron chi connectivity index (χ4n) is 2.32. The molecule has 0 fully saturated rings. The maximum absolute atomic E-state index is 14.1.